The summed E-state index contributed by atoms with van der Waals surface area (Å²) in [5.74, 6) is 3.76. The average molecular weight is 329 g/mol. The van der Waals surface area contributed by atoms with Crippen molar-refractivity contribution in [3.8, 4) is 0 Å². The summed E-state index contributed by atoms with van der Waals surface area (Å²) in [5.41, 5.74) is 1.11. The summed E-state index contributed by atoms with van der Waals surface area (Å²) in [5, 5.41) is 4.57. The van der Waals surface area contributed by atoms with Crippen LogP contribution in [-0.4, -0.2) is 46.4 Å². The summed E-state index contributed by atoms with van der Waals surface area (Å²) in [6, 6.07) is 7.75. The number of halogens is 1. The molecule has 6 heteroatoms. The minimum absolute atomic E-state index is 0.00714. The van der Waals surface area contributed by atoms with Gasteiger partial charge in [-0.15, -0.1) is 0 Å². The second kappa shape index (κ2) is 6.60. The normalized spacial score (nSPS) is 27.1. The van der Waals surface area contributed by atoms with E-state index >= 15 is 0 Å². The number of rotatable bonds is 3. The molecule has 0 aliphatic carbocycles. The maximum absolute atomic E-state index is 12.1. The van der Waals surface area contributed by atoms with Crippen LogP contribution in [0.2, 0.25) is 5.02 Å². The monoisotopic (exact) mass is 328 g/mol. The number of hydrogen-bond acceptors (Lipinski definition) is 4. The summed E-state index contributed by atoms with van der Waals surface area (Å²) >= 11 is 9.91. The number of amides is 1. The van der Waals surface area contributed by atoms with E-state index in [9.17, 15) is 4.79 Å². The fourth-order valence-corrected chi connectivity index (χ4v) is 5.34. The Morgan fingerprint density at radius 3 is 2.80 bits per heavy atom. The Hall–Kier alpha value is -0.360. The second-order valence-corrected chi connectivity index (χ2v) is 7.94. The third-order valence-electron chi connectivity index (χ3n) is 3.55. The topological polar surface area (TPSA) is 32.3 Å². The van der Waals surface area contributed by atoms with Crippen molar-refractivity contribution in [2.75, 3.05) is 30.3 Å². The molecule has 0 spiro atoms. The molecule has 0 saturated carbocycles. The fourth-order valence-electron chi connectivity index (χ4n) is 2.55. The van der Waals surface area contributed by atoms with Crippen molar-refractivity contribution in [3.05, 3.63) is 34.9 Å². The molecule has 20 heavy (non-hydrogen) atoms. The van der Waals surface area contributed by atoms with Gasteiger partial charge in [0.2, 0.25) is 5.91 Å². The molecule has 108 valence electrons. The quantitative estimate of drug-likeness (QED) is 0.924. The summed E-state index contributed by atoms with van der Waals surface area (Å²) in [6.45, 7) is 1.26. The molecule has 3 rings (SSSR count). The molecule has 1 aromatic carbocycles. The molecule has 3 nitrogen and oxygen atoms in total. The molecule has 0 aromatic heterocycles. The lowest BCUT2D eigenvalue weighted by molar-refractivity contribution is -0.128. The number of nitrogens with one attached hydrogen (secondary N) is 1. The van der Waals surface area contributed by atoms with E-state index in [0.29, 0.717) is 11.8 Å². The first kappa shape index (κ1) is 14.6. The SMILES string of the molecule is O=C1CNC(c2ccc(Cl)cc2)N1CC1CSCCS1. The molecule has 2 aliphatic rings. The van der Waals surface area contributed by atoms with E-state index in [4.69, 9.17) is 11.6 Å². The van der Waals surface area contributed by atoms with Crippen molar-refractivity contribution >= 4 is 41.0 Å². The molecule has 2 aliphatic heterocycles. The maximum atomic E-state index is 12.1. The van der Waals surface area contributed by atoms with Crippen LogP contribution in [0.15, 0.2) is 24.3 Å². The highest BCUT2D eigenvalue weighted by Gasteiger charge is 2.33. The molecular formula is C14H17ClN2OS2. The van der Waals surface area contributed by atoms with E-state index < -0.39 is 0 Å². The summed E-state index contributed by atoms with van der Waals surface area (Å²) < 4.78 is 0. The number of carbonyl (C=O) groups is 1. The van der Waals surface area contributed by atoms with Crippen molar-refractivity contribution in [2.24, 2.45) is 0 Å². The standard InChI is InChI=1S/C14H17ClN2OS2/c15-11-3-1-10(2-4-11)14-16-7-13(18)17(14)8-12-9-19-5-6-20-12/h1-4,12,14,16H,5-9H2. The van der Waals surface area contributed by atoms with Crippen LogP contribution in [0, 0.1) is 0 Å². The van der Waals surface area contributed by atoms with Gasteiger partial charge in [0.15, 0.2) is 0 Å². The fraction of sp³-hybridized carbons (Fsp3) is 0.500. The molecule has 0 bridgehead atoms. The van der Waals surface area contributed by atoms with Gasteiger partial charge in [-0.3, -0.25) is 10.1 Å². The van der Waals surface area contributed by atoms with Crippen molar-refractivity contribution < 1.29 is 4.79 Å². The smallest absolute Gasteiger partial charge is 0.238 e. The van der Waals surface area contributed by atoms with Gasteiger partial charge in [0.1, 0.15) is 6.17 Å². The van der Waals surface area contributed by atoms with E-state index in [2.05, 4.69) is 5.32 Å². The number of thioether (sulfide) groups is 2. The Bertz CT molecular complexity index is 477. The summed E-state index contributed by atoms with van der Waals surface area (Å²) in [4.78, 5) is 14.1. The largest absolute Gasteiger partial charge is 0.321 e. The first-order chi connectivity index (χ1) is 9.74. The van der Waals surface area contributed by atoms with Crippen LogP contribution < -0.4 is 5.32 Å². The van der Waals surface area contributed by atoms with Crippen LogP contribution in [0.5, 0.6) is 0 Å². The Kier molecular flexibility index (Phi) is 4.81. The highest BCUT2D eigenvalue weighted by Crippen LogP contribution is 2.29. The predicted octanol–water partition coefficient (Wildman–Crippen LogP) is 2.62. The molecule has 2 heterocycles. The summed E-state index contributed by atoms with van der Waals surface area (Å²) in [7, 11) is 0. The number of hydrogen-bond donors (Lipinski definition) is 1. The van der Waals surface area contributed by atoms with Crippen LogP contribution in [0.4, 0.5) is 0 Å². The Morgan fingerprint density at radius 1 is 1.30 bits per heavy atom. The minimum Gasteiger partial charge on any atom is -0.321 e. The third-order valence-corrected chi connectivity index (χ3v) is 6.63. The molecular weight excluding hydrogens is 312 g/mol. The van der Waals surface area contributed by atoms with E-state index in [1.165, 1.54) is 11.5 Å². The molecule has 0 radical (unpaired) electrons. The van der Waals surface area contributed by atoms with Gasteiger partial charge in [-0.1, -0.05) is 23.7 Å². The van der Waals surface area contributed by atoms with Crippen LogP contribution in [0.1, 0.15) is 11.7 Å². The Labute approximate surface area is 132 Å². The van der Waals surface area contributed by atoms with Gasteiger partial charge in [0.05, 0.1) is 6.54 Å². The third kappa shape index (κ3) is 3.27. The van der Waals surface area contributed by atoms with Gasteiger partial charge >= 0.3 is 0 Å². The van der Waals surface area contributed by atoms with Crippen molar-refractivity contribution in [1.29, 1.82) is 0 Å². The molecule has 1 aromatic rings. The lowest BCUT2D eigenvalue weighted by atomic mass is 10.1. The molecule has 2 unspecified atom stereocenters. The average Bonchev–Trinajstić information content (AvgIpc) is 2.83. The van der Waals surface area contributed by atoms with E-state index in [0.717, 1.165) is 22.9 Å². The molecule has 1 N–H and O–H groups in total. The Morgan fingerprint density at radius 2 is 2.10 bits per heavy atom. The molecule has 2 atom stereocenters. The van der Waals surface area contributed by atoms with Crippen molar-refractivity contribution in [3.63, 3.8) is 0 Å². The van der Waals surface area contributed by atoms with Gasteiger partial charge < -0.3 is 4.90 Å². The lowest BCUT2D eigenvalue weighted by Crippen LogP contribution is -2.37. The molecule has 2 saturated heterocycles. The predicted molar refractivity (Wildman–Crippen MR) is 87.5 cm³/mol. The zero-order valence-corrected chi connectivity index (χ0v) is 13.4. The van der Waals surface area contributed by atoms with Crippen LogP contribution in [-0.2, 0) is 4.79 Å². The summed E-state index contributed by atoms with van der Waals surface area (Å²) in [6.07, 6.45) is -0.00714. The highest BCUT2D eigenvalue weighted by molar-refractivity contribution is 8.06. The zero-order chi connectivity index (χ0) is 13.9. The number of carbonyl (C=O) groups excluding carboxylic acids is 1. The van der Waals surface area contributed by atoms with Gasteiger partial charge in [-0.2, -0.15) is 23.5 Å². The lowest BCUT2D eigenvalue weighted by Gasteiger charge is -2.30. The van der Waals surface area contributed by atoms with Gasteiger partial charge in [0.25, 0.3) is 0 Å². The van der Waals surface area contributed by atoms with Crippen LogP contribution >= 0.6 is 35.1 Å². The van der Waals surface area contributed by atoms with Crippen LogP contribution in [0.25, 0.3) is 0 Å². The first-order valence-electron chi connectivity index (χ1n) is 6.72. The number of nitrogens with zero attached hydrogens (tertiary/aromatic N) is 1. The van der Waals surface area contributed by atoms with Crippen molar-refractivity contribution in [2.45, 2.75) is 11.4 Å². The number of benzene rings is 1. The minimum atomic E-state index is -0.00714. The van der Waals surface area contributed by atoms with E-state index in [1.54, 1.807) is 0 Å². The highest BCUT2D eigenvalue weighted by atomic mass is 35.5. The van der Waals surface area contributed by atoms with Crippen molar-refractivity contribution in [1.82, 2.24) is 10.2 Å². The van der Waals surface area contributed by atoms with Gasteiger partial charge in [-0.05, 0) is 17.7 Å². The van der Waals surface area contributed by atoms with Gasteiger partial charge in [0, 0.05) is 34.1 Å². The Balaban J connectivity index is 1.72. The van der Waals surface area contributed by atoms with Crippen LogP contribution in [0.3, 0.4) is 0 Å². The first-order valence-corrected chi connectivity index (χ1v) is 9.30. The second-order valence-electron chi connectivity index (χ2n) is 4.95. The maximum Gasteiger partial charge on any atom is 0.238 e. The molecule has 2 fully saturated rings. The van der Waals surface area contributed by atoms with E-state index in [-0.39, 0.29) is 12.1 Å². The zero-order valence-electron chi connectivity index (χ0n) is 11.0. The van der Waals surface area contributed by atoms with E-state index in [1.807, 2.05) is 52.7 Å². The molecule has 1 amide bonds. The van der Waals surface area contributed by atoms with Gasteiger partial charge in [-0.25, -0.2) is 0 Å².